The number of hydrogen-bond donors (Lipinski definition) is 1. The Kier molecular flexibility index (Phi) is 7.42. The molecule has 0 heterocycles. The molecule has 1 rings (SSSR count). The zero-order valence-electron chi connectivity index (χ0n) is 10.5. The van der Waals surface area contributed by atoms with Gasteiger partial charge in [-0.2, -0.15) is 5.26 Å². The first kappa shape index (κ1) is 17.1. The number of nitrogens with zero attached hydrogens (tertiary/aromatic N) is 1. The number of benzene rings is 1. The van der Waals surface area contributed by atoms with Crippen molar-refractivity contribution in [2.75, 3.05) is 6.61 Å². The summed E-state index contributed by atoms with van der Waals surface area (Å²) in [6.07, 6.45) is 0.308. The van der Waals surface area contributed by atoms with Crippen LogP contribution in [0.2, 0.25) is 0 Å². The molecular formula is C13H15ClN2O3. The molecule has 0 saturated carbocycles. The number of carbonyl (C=O) groups is 2. The van der Waals surface area contributed by atoms with Crippen LogP contribution in [0.25, 0.3) is 0 Å². The number of ketones is 1. The average Bonchev–Trinajstić information content (AvgIpc) is 2.36. The van der Waals surface area contributed by atoms with Crippen LogP contribution in [0.1, 0.15) is 22.8 Å². The van der Waals surface area contributed by atoms with Crippen LogP contribution in [0.15, 0.2) is 24.3 Å². The van der Waals surface area contributed by atoms with Crippen molar-refractivity contribution in [1.29, 1.82) is 5.26 Å². The summed E-state index contributed by atoms with van der Waals surface area (Å²) in [5.74, 6) is -0.619. The van der Waals surface area contributed by atoms with Crippen LogP contribution in [-0.4, -0.2) is 24.4 Å². The van der Waals surface area contributed by atoms with E-state index in [4.69, 9.17) is 11.0 Å². The van der Waals surface area contributed by atoms with Crippen molar-refractivity contribution in [3.63, 3.8) is 0 Å². The molecule has 0 amide bonds. The summed E-state index contributed by atoms with van der Waals surface area (Å²) < 4.78 is 4.61. The second-order valence-corrected chi connectivity index (χ2v) is 3.83. The molecule has 1 atom stereocenters. The highest BCUT2D eigenvalue weighted by Crippen LogP contribution is 2.07. The maximum atomic E-state index is 11.3. The molecule has 6 heteroatoms. The number of rotatable bonds is 5. The zero-order valence-corrected chi connectivity index (χ0v) is 11.3. The van der Waals surface area contributed by atoms with Gasteiger partial charge in [0.1, 0.15) is 12.1 Å². The highest BCUT2D eigenvalue weighted by molar-refractivity contribution is 5.94. The van der Waals surface area contributed by atoms with E-state index in [2.05, 4.69) is 4.74 Å². The van der Waals surface area contributed by atoms with E-state index in [1.807, 2.05) is 0 Å². The van der Waals surface area contributed by atoms with Gasteiger partial charge in [-0.15, -0.1) is 12.4 Å². The Morgan fingerprint density at radius 2 is 1.95 bits per heavy atom. The first-order valence-electron chi connectivity index (χ1n) is 5.43. The highest BCUT2D eigenvalue weighted by atomic mass is 35.5. The standard InChI is InChI=1S/C13H14N2O3.ClH/c1-9(16)11-4-2-10(3-5-11)8-12(15)13(17)18-7-6-14;/h2-5,12H,7-8,15H2,1H3;1H. The quantitative estimate of drug-likeness (QED) is 0.648. The lowest BCUT2D eigenvalue weighted by Crippen LogP contribution is -2.34. The Labute approximate surface area is 117 Å². The summed E-state index contributed by atoms with van der Waals surface area (Å²) in [6, 6.07) is 7.76. The van der Waals surface area contributed by atoms with Crippen LogP contribution in [0.3, 0.4) is 0 Å². The SMILES string of the molecule is CC(=O)c1ccc(CC(N)C(=O)OCC#N)cc1.Cl. The molecule has 102 valence electrons. The van der Waals surface area contributed by atoms with Crippen LogP contribution >= 0.6 is 12.4 Å². The molecular weight excluding hydrogens is 268 g/mol. The van der Waals surface area contributed by atoms with Crippen LogP contribution in [-0.2, 0) is 16.0 Å². The van der Waals surface area contributed by atoms with Gasteiger partial charge < -0.3 is 10.5 Å². The van der Waals surface area contributed by atoms with Crippen molar-refractivity contribution in [2.24, 2.45) is 5.73 Å². The topological polar surface area (TPSA) is 93.2 Å². The number of nitriles is 1. The molecule has 0 bridgehead atoms. The third-order valence-corrected chi connectivity index (χ3v) is 2.40. The summed E-state index contributed by atoms with van der Waals surface area (Å²) in [5.41, 5.74) is 7.08. The Hall–Kier alpha value is -1.90. The lowest BCUT2D eigenvalue weighted by molar-refractivity contribution is -0.143. The predicted molar refractivity (Wildman–Crippen MR) is 71.9 cm³/mol. The van der Waals surface area contributed by atoms with Crippen LogP contribution in [0.5, 0.6) is 0 Å². The van der Waals surface area contributed by atoms with Crippen molar-refractivity contribution in [3.8, 4) is 6.07 Å². The summed E-state index contributed by atoms with van der Waals surface area (Å²) >= 11 is 0. The van der Waals surface area contributed by atoms with Crippen molar-refractivity contribution in [1.82, 2.24) is 0 Å². The molecule has 0 spiro atoms. The van der Waals surface area contributed by atoms with Crippen molar-refractivity contribution >= 4 is 24.2 Å². The Bertz CT molecular complexity index is 480. The summed E-state index contributed by atoms with van der Waals surface area (Å²) in [6.45, 7) is 1.19. The van der Waals surface area contributed by atoms with Gasteiger partial charge in [-0.3, -0.25) is 9.59 Å². The van der Waals surface area contributed by atoms with E-state index >= 15 is 0 Å². The van der Waals surface area contributed by atoms with Crippen molar-refractivity contribution < 1.29 is 14.3 Å². The third-order valence-electron chi connectivity index (χ3n) is 2.40. The van der Waals surface area contributed by atoms with Crippen molar-refractivity contribution in [3.05, 3.63) is 35.4 Å². The lowest BCUT2D eigenvalue weighted by atomic mass is 10.0. The maximum Gasteiger partial charge on any atom is 0.324 e. The summed E-state index contributed by atoms with van der Waals surface area (Å²) in [4.78, 5) is 22.4. The minimum atomic E-state index is -0.804. The largest absolute Gasteiger partial charge is 0.449 e. The number of carbonyl (C=O) groups excluding carboxylic acids is 2. The Morgan fingerprint density at radius 3 is 2.42 bits per heavy atom. The van der Waals surface area contributed by atoms with Gasteiger partial charge in [0.05, 0.1) is 0 Å². The van der Waals surface area contributed by atoms with E-state index in [1.165, 1.54) is 6.92 Å². The maximum absolute atomic E-state index is 11.3. The van der Waals surface area contributed by atoms with Gasteiger partial charge in [0.25, 0.3) is 0 Å². The van der Waals surface area contributed by atoms with Crippen LogP contribution in [0, 0.1) is 11.3 Å². The van der Waals surface area contributed by atoms with E-state index in [9.17, 15) is 9.59 Å². The van der Waals surface area contributed by atoms with Gasteiger partial charge in [-0.1, -0.05) is 24.3 Å². The molecule has 1 aromatic rings. The normalized spacial score (nSPS) is 10.8. The summed E-state index contributed by atoms with van der Waals surface area (Å²) in [7, 11) is 0. The molecule has 0 radical (unpaired) electrons. The predicted octanol–water partition coefficient (Wildman–Crippen LogP) is 1.25. The lowest BCUT2D eigenvalue weighted by Gasteiger charge is -2.10. The molecule has 19 heavy (non-hydrogen) atoms. The number of esters is 1. The zero-order chi connectivity index (χ0) is 13.5. The number of Topliss-reactive ketones (excluding diaryl/α,β-unsaturated/α-hetero) is 1. The fourth-order valence-corrected chi connectivity index (χ4v) is 1.42. The molecule has 1 unspecified atom stereocenters. The first-order chi connectivity index (χ1) is 8.54. The molecule has 0 aliphatic carbocycles. The number of hydrogen-bond acceptors (Lipinski definition) is 5. The van der Waals surface area contributed by atoms with Gasteiger partial charge in [-0.25, -0.2) is 0 Å². The van der Waals surface area contributed by atoms with Crippen molar-refractivity contribution in [2.45, 2.75) is 19.4 Å². The third kappa shape index (κ3) is 5.51. The van der Waals surface area contributed by atoms with Crippen LogP contribution < -0.4 is 5.73 Å². The monoisotopic (exact) mass is 282 g/mol. The van der Waals surface area contributed by atoms with E-state index in [1.54, 1.807) is 30.3 Å². The number of nitrogens with two attached hydrogens (primary N) is 1. The van der Waals surface area contributed by atoms with Gasteiger partial charge >= 0.3 is 5.97 Å². The fraction of sp³-hybridized carbons (Fsp3) is 0.308. The van der Waals surface area contributed by atoms with E-state index in [0.29, 0.717) is 12.0 Å². The fourth-order valence-electron chi connectivity index (χ4n) is 1.42. The highest BCUT2D eigenvalue weighted by Gasteiger charge is 2.15. The van der Waals surface area contributed by atoms with E-state index < -0.39 is 12.0 Å². The minimum Gasteiger partial charge on any atom is -0.449 e. The Morgan fingerprint density at radius 1 is 1.37 bits per heavy atom. The average molecular weight is 283 g/mol. The number of halogens is 1. The van der Waals surface area contributed by atoms with Gasteiger partial charge in [0.2, 0.25) is 0 Å². The van der Waals surface area contributed by atoms with E-state index in [-0.39, 0.29) is 24.8 Å². The molecule has 0 aromatic heterocycles. The second-order valence-electron chi connectivity index (χ2n) is 3.83. The molecule has 1 aromatic carbocycles. The first-order valence-corrected chi connectivity index (χ1v) is 5.43. The minimum absolute atomic E-state index is 0. The van der Waals surface area contributed by atoms with Gasteiger partial charge in [0, 0.05) is 5.56 Å². The Balaban J connectivity index is 0.00000324. The van der Waals surface area contributed by atoms with E-state index in [0.717, 1.165) is 5.56 Å². The molecule has 0 fully saturated rings. The molecule has 0 aliphatic rings. The molecule has 2 N–H and O–H groups in total. The molecule has 0 saturated heterocycles. The number of ether oxygens (including phenoxy) is 1. The summed E-state index contributed by atoms with van der Waals surface area (Å²) in [5, 5.41) is 8.27. The van der Waals surface area contributed by atoms with Gasteiger partial charge in [-0.05, 0) is 18.9 Å². The van der Waals surface area contributed by atoms with Crippen LogP contribution in [0.4, 0.5) is 0 Å². The molecule has 0 aliphatic heterocycles. The smallest absolute Gasteiger partial charge is 0.324 e. The molecule has 5 nitrogen and oxygen atoms in total. The second kappa shape index (κ2) is 8.25. The van der Waals surface area contributed by atoms with Gasteiger partial charge in [0.15, 0.2) is 12.4 Å².